The van der Waals surface area contributed by atoms with E-state index in [-0.39, 0.29) is 36.7 Å². The van der Waals surface area contributed by atoms with E-state index in [0.717, 1.165) is 41.6 Å². The summed E-state index contributed by atoms with van der Waals surface area (Å²) in [7, 11) is 0. The van der Waals surface area contributed by atoms with E-state index < -0.39 is 5.97 Å². The first kappa shape index (κ1) is 23.8. The van der Waals surface area contributed by atoms with Gasteiger partial charge in [-0.25, -0.2) is 4.98 Å². The highest BCUT2D eigenvalue weighted by atomic mass is 32.1. The van der Waals surface area contributed by atoms with Crippen LogP contribution in [-0.2, 0) is 40.0 Å². The molecule has 0 unspecified atom stereocenters. The Bertz CT molecular complexity index is 1280. The molecule has 178 valence electrons. The summed E-state index contributed by atoms with van der Waals surface area (Å²) in [5, 5.41) is 3.42. The Morgan fingerprint density at radius 2 is 1.88 bits per heavy atom. The van der Waals surface area contributed by atoms with Crippen LogP contribution in [0.25, 0.3) is 10.2 Å². The predicted molar refractivity (Wildman–Crippen MR) is 129 cm³/mol. The third-order valence-electron chi connectivity index (χ3n) is 5.87. The number of nitrogens with one attached hydrogen (secondary N) is 2. The van der Waals surface area contributed by atoms with E-state index in [2.05, 4.69) is 15.3 Å². The van der Waals surface area contributed by atoms with Crippen molar-refractivity contribution in [3.05, 3.63) is 62.0 Å². The number of amides is 1. The number of aromatic amines is 1. The standard InChI is InChI=1S/C25H27N3O5S/c1-15(29)26-13-12-16-6-8-17(9-7-16)19(30)14-33-22(31)11-10-21-27-24(32)23-18-4-2-3-5-20(18)34-25(23)28-21/h6-9H,2-5,10-14H2,1H3,(H,26,29)(H,27,28,32). The second-order valence-corrected chi connectivity index (χ2v) is 9.50. The molecular weight excluding hydrogens is 454 g/mol. The Kier molecular flexibility index (Phi) is 7.52. The largest absolute Gasteiger partial charge is 0.457 e. The van der Waals surface area contributed by atoms with Crippen LogP contribution in [0.2, 0.25) is 0 Å². The third kappa shape index (κ3) is 5.77. The maximum absolute atomic E-state index is 12.6. The molecule has 0 saturated carbocycles. The Morgan fingerprint density at radius 3 is 2.65 bits per heavy atom. The van der Waals surface area contributed by atoms with E-state index >= 15 is 0 Å². The van der Waals surface area contributed by atoms with E-state index in [4.69, 9.17) is 4.74 Å². The average molecular weight is 482 g/mol. The molecule has 1 aromatic carbocycles. The molecule has 0 bridgehead atoms. The van der Waals surface area contributed by atoms with Crippen LogP contribution in [0.1, 0.15) is 58.4 Å². The summed E-state index contributed by atoms with van der Waals surface area (Å²) in [6.45, 7) is 1.65. The van der Waals surface area contributed by atoms with Gasteiger partial charge in [0.1, 0.15) is 10.7 Å². The van der Waals surface area contributed by atoms with Gasteiger partial charge in [-0.05, 0) is 43.2 Å². The molecule has 1 aliphatic rings. The summed E-state index contributed by atoms with van der Waals surface area (Å²) in [4.78, 5) is 57.3. The van der Waals surface area contributed by atoms with E-state index in [1.807, 2.05) is 12.1 Å². The first-order chi connectivity index (χ1) is 16.4. The van der Waals surface area contributed by atoms with Gasteiger partial charge in [0.05, 0.1) is 11.8 Å². The zero-order valence-corrected chi connectivity index (χ0v) is 19.9. The van der Waals surface area contributed by atoms with Crippen LogP contribution in [0.5, 0.6) is 0 Å². The van der Waals surface area contributed by atoms with E-state index in [9.17, 15) is 19.2 Å². The Morgan fingerprint density at radius 1 is 1.12 bits per heavy atom. The fourth-order valence-electron chi connectivity index (χ4n) is 4.09. The van der Waals surface area contributed by atoms with Crippen LogP contribution in [-0.4, -0.2) is 40.8 Å². The number of benzene rings is 1. The number of ketones is 1. The predicted octanol–water partition coefficient (Wildman–Crippen LogP) is 2.90. The monoisotopic (exact) mass is 481 g/mol. The number of ether oxygens (including phenoxy) is 1. The van der Waals surface area contributed by atoms with Gasteiger partial charge >= 0.3 is 5.97 Å². The number of aryl methyl sites for hydroxylation is 3. The van der Waals surface area contributed by atoms with Gasteiger partial charge in [0, 0.05) is 30.3 Å². The number of hydrogen-bond acceptors (Lipinski definition) is 7. The number of carbonyl (C=O) groups excluding carboxylic acids is 3. The molecule has 34 heavy (non-hydrogen) atoms. The van der Waals surface area contributed by atoms with Crippen molar-refractivity contribution in [2.45, 2.75) is 51.9 Å². The van der Waals surface area contributed by atoms with Gasteiger partial charge in [-0.3, -0.25) is 19.2 Å². The summed E-state index contributed by atoms with van der Waals surface area (Å²) >= 11 is 1.57. The van der Waals surface area contributed by atoms with Gasteiger partial charge in [-0.1, -0.05) is 24.3 Å². The maximum atomic E-state index is 12.6. The number of nitrogens with zero attached hydrogens (tertiary/aromatic N) is 1. The molecule has 0 spiro atoms. The van der Waals surface area contributed by atoms with Gasteiger partial charge in [0.25, 0.3) is 5.56 Å². The molecule has 0 aliphatic heterocycles. The van der Waals surface area contributed by atoms with Crippen molar-refractivity contribution in [3.63, 3.8) is 0 Å². The van der Waals surface area contributed by atoms with Crippen molar-refractivity contribution in [2.24, 2.45) is 0 Å². The minimum absolute atomic E-state index is 0.0227. The third-order valence-corrected chi connectivity index (χ3v) is 7.05. The molecule has 1 aliphatic carbocycles. The number of H-pyrrole nitrogens is 1. The number of rotatable bonds is 9. The van der Waals surface area contributed by atoms with Crippen LogP contribution >= 0.6 is 11.3 Å². The molecular formula is C25H27N3O5S. The molecule has 8 nitrogen and oxygen atoms in total. The molecule has 9 heteroatoms. The van der Waals surface area contributed by atoms with Crippen molar-refractivity contribution >= 4 is 39.2 Å². The van der Waals surface area contributed by atoms with Crippen LogP contribution in [0.15, 0.2) is 29.1 Å². The second kappa shape index (κ2) is 10.7. The number of fused-ring (bicyclic) bond motifs is 3. The topological polar surface area (TPSA) is 118 Å². The van der Waals surface area contributed by atoms with Crippen LogP contribution in [0, 0.1) is 0 Å². The van der Waals surface area contributed by atoms with Gasteiger partial charge in [0.15, 0.2) is 12.4 Å². The Hall–Kier alpha value is -3.33. The zero-order valence-electron chi connectivity index (χ0n) is 19.1. The van der Waals surface area contributed by atoms with Crippen molar-refractivity contribution in [3.8, 4) is 0 Å². The van der Waals surface area contributed by atoms with E-state index in [1.165, 1.54) is 11.8 Å². The lowest BCUT2D eigenvalue weighted by Crippen LogP contribution is -2.22. The highest BCUT2D eigenvalue weighted by Gasteiger charge is 2.20. The molecule has 0 atom stereocenters. The molecule has 2 heterocycles. The molecule has 0 saturated heterocycles. The molecule has 1 amide bonds. The Labute approximate surface area is 200 Å². The first-order valence-corrected chi connectivity index (χ1v) is 12.3. The van der Waals surface area contributed by atoms with Crippen LogP contribution in [0.3, 0.4) is 0 Å². The fourth-order valence-corrected chi connectivity index (χ4v) is 5.37. The number of aromatic nitrogens is 2. The lowest BCUT2D eigenvalue weighted by molar-refractivity contribution is -0.142. The van der Waals surface area contributed by atoms with Crippen molar-refractivity contribution in [1.29, 1.82) is 0 Å². The van der Waals surface area contributed by atoms with Gasteiger partial charge in [-0.15, -0.1) is 11.3 Å². The summed E-state index contributed by atoms with van der Waals surface area (Å²) in [6.07, 6.45) is 5.06. The number of hydrogen-bond donors (Lipinski definition) is 2. The van der Waals surface area contributed by atoms with Crippen molar-refractivity contribution in [2.75, 3.05) is 13.2 Å². The minimum Gasteiger partial charge on any atom is -0.457 e. The van der Waals surface area contributed by atoms with Crippen LogP contribution in [0.4, 0.5) is 0 Å². The molecule has 3 aromatic rings. The smallest absolute Gasteiger partial charge is 0.306 e. The normalized spacial score (nSPS) is 12.9. The lowest BCUT2D eigenvalue weighted by atomic mass is 9.97. The quantitative estimate of drug-likeness (QED) is 0.358. The summed E-state index contributed by atoms with van der Waals surface area (Å²) in [6, 6.07) is 7.00. The van der Waals surface area contributed by atoms with Gasteiger partial charge in [-0.2, -0.15) is 0 Å². The molecule has 0 radical (unpaired) electrons. The highest BCUT2D eigenvalue weighted by molar-refractivity contribution is 7.18. The number of Topliss-reactive ketones (excluding diaryl/α,β-unsaturated/α-hetero) is 1. The SMILES string of the molecule is CC(=O)NCCc1ccc(C(=O)COC(=O)CCc2nc3sc4c(c3c(=O)[nH]2)CCCC4)cc1. The zero-order chi connectivity index (χ0) is 24.1. The molecule has 0 fully saturated rings. The molecule has 2 aromatic heterocycles. The van der Waals surface area contributed by atoms with E-state index in [0.29, 0.717) is 29.7 Å². The summed E-state index contributed by atoms with van der Waals surface area (Å²) < 4.78 is 5.13. The molecule has 4 rings (SSSR count). The maximum Gasteiger partial charge on any atom is 0.306 e. The number of thiophene rings is 1. The average Bonchev–Trinajstić information content (AvgIpc) is 3.20. The lowest BCUT2D eigenvalue weighted by Gasteiger charge is -2.09. The second-order valence-electron chi connectivity index (χ2n) is 8.42. The minimum atomic E-state index is -0.520. The summed E-state index contributed by atoms with van der Waals surface area (Å²) in [5.41, 5.74) is 2.43. The van der Waals surface area contributed by atoms with Crippen molar-refractivity contribution in [1.82, 2.24) is 15.3 Å². The Balaban J connectivity index is 1.27. The summed E-state index contributed by atoms with van der Waals surface area (Å²) in [5.74, 6) is -0.442. The molecule has 2 N–H and O–H groups in total. The number of carbonyl (C=O) groups is 3. The highest BCUT2D eigenvalue weighted by Crippen LogP contribution is 2.33. The van der Waals surface area contributed by atoms with Crippen LogP contribution < -0.4 is 10.9 Å². The first-order valence-electron chi connectivity index (χ1n) is 11.5. The van der Waals surface area contributed by atoms with Gasteiger partial charge < -0.3 is 15.0 Å². The fraction of sp³-hybridized carbons (Fsp3) is 0.400. The van der Waals surface area contributed by atoms with Gasteiger partial charge in [0.2, 0.25) is 5.91 Å². The number of esters is 1. The van der Waals surface area contributed by atoms with Crippen molar-refractivity contribution < 1.29 is 19.1 Å². The van der Waals surface area contributed by atoms with E-state index in [1.54, 1.807) is 23.5 Å².